The highest BCUT2D eigenvalue weighted by Crippen LogP contribution is 2.33. The molecule has 1 aliphatic heterocycles. The van der Waals surface area contributed by atoms with Crippen molar-refractivity contribution >= 4 is 40.9 Å². The molecule has 0 radical (unpaired) electrons. The van der Waals surface area contributed by atoms with Crippen LogP contribution < -0.4 is 10.2 Å². The second-order valence-corrected chi connectivity index (χ2v) is 10.0. The maximum atomic E-state index is 12.2. The molecule has 0 unspecified atom stereocenters. The molecule has 0 atom stereocenters. The molecule has 11 heteroatoms. The van der Waals surface area contributed by atoms with Gasteiger partial charge in [0, 0.05) is 68.3 Å². The molecule has 1 saturated heterocycles. The van der Waals surface area contributed by atoms with Crippen molar-refractivity contribution in [3.8, 4) is 0 Å². The smallest absolute Gasteiger partial charge is 0.248 e. The summed E-state index contributed by atoms with van der Waals surface area (Å²) in [6.45, 7) is 8.45. The van der Waals surface area contributed by atoms with Crippen molar-refractivity contribution in [3.05, 3.63) is 47.2 Å². The number of ether oxygens (including phenoxy) is 1. The summed E-state index contributed by atoms with van der Waals surface area (Å²) in [5.41, 5.74) is 2.86. The lowest BCUT2D eigenvalue weighted by Gasteiger charge is -2.36. The third kappa shape index (κ3) is 6.86. The number of aromatic amines is 1. The maximum absolute atomic E-state index is 12.2. The molecular weight excluding hydrogens is 490 g/mol. The van der Waals surface area contributed by atoms with Gasteiger partial charge in [-0.2, -0.15) is 5.10 Å². The van der Waals surface area contributed by atoms with E-state index in [-0.39, 0.29) is 18.3 Å². The summed E-state index contributed by atoms with van der Waals surface area (Å²) in [5.74, 6) is 2.41. The van der Waals surface area contributed by atoms with Crippen LogP contribution in [0.2, 0.25) is 0 Å². The Balaban J connectivity index is 1.58. The fourth-order valence-corrected chi connectivity index (χ4v) is 4.83. The molecule has 1 fully saturated rings. The lowest BCUT2D eigenvalue weighted by atomic mass is 10.1. The number of methoxy groups -OCH3 is 1. The summed E-state index contributed by atoms with van der Waals surface area (Å²) in [6, 6.07) is 9.87. The van der Waals surface area contributed by atoms with Crippen molar-refractivity contribution in [1.82, 2.24) is 25.1 Å². The highest BCUT2D eigenvalue weighted by atomic mass is 32.2. The molecule has 2 N–H and O–H groups in total. The van der Waals surface area contributed by atoms with E-state index in [0.717, 1.165) is 27.5 Å². The van der Waals surface area contributed by atoms with Crippen molar-refractivity contribution in [2.24, 2.45) is 0 Å². The number of nitrogens with zero attached hydrogens (tertiary/aromatic N) is 5. The van der Waals surface area contributed by atoms with E-state index >= 15 is 0 Å². The van der Waals surface area contributed by atoms with Crippen LogP contribution in [-0.2, 0) is 20.7 Å². The van der Waals surface area contributed by atoms with Gasteiger partial charge in [-0.1, -0.05) is 19.1 Å². The van der Waals surface area contributed by atoms with Crippen molar-refractivity contribution in [3.63, 3.8) is 0 Å². The lowest BCUT2D eigenvalue weighted by molar-refractivity contribution is -0.135. The van der Waals surface area contributed by atoms with Gasteiger partial charge in [-0.15, -0.1) is 0 Å². The summed E-state index contributed by atoms with van der Waals surface area (Å²) in [6.07, 6.45) is 0.985. The Morgan fingerprint density at radius 1 is 1.11 bits per heavy atom. The second-order valence-electron chi connectivity index (χ2n) is 8.98. The monoisotopic (exact) mass is 523 g/mol. The molecule has 3 aromatic rings. The predicted octanol–water partition coefficient (Wildman–Crippen LogP) is 3.53. The van der Waals surface area contributed by atoms with Gasteiger partial charge in [0.1, 0.15) is 24.0 Å². The Bertz CT molecular complexity index is 1240. The number of carbonyl (C=O) groups is 2. The number of carbonyl (C=O) groups excluding carboxylic acids is 2. The first-order chi connectivity index (χ1) is 17.9. The Morgan fingerprint density at radius 3 is 2.46 bits per heavy atom. The first-order valence-corrected chi connectivity index (χ1v) is 13.2. The number of aryl methyl sites for hydroxylation is 1. The molecule has 3 heterocycles. The molecule has 10 nitrogen and oxygen atoms in total. The fourth-order valence-electron chi connectivity index (χ4n) is 4.08. The van der Waals surface area contributed by atoms with Gasteiger partial charge in [0.2, 0.25) is 5.91 Å². The van der Waals surface area contributed by atoms with Crippen LogP contribution in [0.4, 0.5) is 17.5 Å². The molecule has 1 aliphatic rings. The Hall–Kier alpha value is -3.44. The highest BCUT2D eigenvalue weighted by Gasteiger charge is 2.25. The number of H-pyrrole nitrogens is 1. The normalized spacial score (nSPS) is 13.6. The summed E-state index contributed by atoms with van der Waals surface area (Å²) in [7, 11) is 1.53. The van der Waals surface area contributed by atoms with E-state index < -0.39 is 0 Å². The van der Waals surface area contributed by atoms with E-state index in [9.17, 15) is 9.59 Å². The summed E-state index contributed by atoms with van der Waals surface area (Å²) in [5, 5.41) is 11.2. The van der Waals surface area contributed by atoms with Gasteiger partial charge in [-0.05, 0) is 43.3 Å². The number of ketones is 1. The van der Waals surface area contributed by atoms with Gasteiger partial charge < -0.3 is 19.9 Å². The molecule has 1 aromatic carbocycles. The largest absolute Gasteiger partial charge is 0.375 e. The Labute approximate surface area is 221 Å². The van der Waals surface area contributed by atoms with Gasteiger partial charge in [-0.3, -0.25) is 14.7 Å². The van der Waals surface area contributed by atoms with E-state index in [1.165, 1.54) is 18.9 Å². The third-order valence-corrected chi connectivity index (χ3v) is 7.05. The number of rotatable bonds is 10. The number of aromatic nitrogens is 4. The van der Waals surface area contributed by atoms with E-state index in [4.69, 9.17) is 14.7 Å². The van der Waals surface area contributed by atoms with Crippen LogP contribution in [0.5, 0.6) is 0 Å². The first-order valence-electron chi connectivity index (χ1n) is 12.3. The molecular formula is C26H33N7O3S. The van der Waals surface area contributed by atoms with Crippen molar-refractivity contribution in [1.29, 1.82) is 0 Å². The Kier molecular flexibility index (Phi) is 8.78. The SMILES string of the molecule is CCC(=O)Cc1ccc(Sc2nc(Nc3cc(C)[nH]n3)c(C)c(N3CCN(C(=O)COC)CC3)n2)cc1. The molecule has 1 amide bonds. The van der Waals surface area contributed by atoms with Gasteiger partial charge >= 0.3 is 0 Å². The standard InChI is InChI=1S/C26H33N7O3S/c1-5-20(34)15-19-6-8-21(9-7-19)37-26-28-24(27-22-14-17(2)30-31-22)18(3)25(29-26)33-12-10-32(11-13-33)23(35)16-36-4/h6-9,14H,5,10-13,15-16H2,1-4H3,(H2,27,28,29,30,31). The van der Waals surface area contributed by atoms with E-state index in [2.05, 4.69) is 20.4 Å². The van der Waals surface area contributed by atoms with Crippen LogP contribution in [0.15, 0.2) is 40.4 Å². The number of anilines is 3. The molecule has 0 aliphatic carbocycles. The van der Waals surface area contributed by atoms with Crippen molar-refractivity contribution < 1.29 is 14.3 Å². The molecule has 4 rings (SSSR count). The average Bonchev–Trinajstić information content (AvgIpc) is 3.31. The van der Waals surface area contributed by atoms with Crippen molar-refractivity contribution in [2.45, 2.75) is 43.7 Å². The zero-order valence-electron chi connectivity index (χ0n) is 21.7. The zero-order chi connectivity index (χ0) is 26.4. The number of nitrogens with one attached hydrogen (secondary N) is 2. The molecule has 2 aromatic heterocycles. The highest BCUT2D eigenvalue weighted by molar-refractivity contribution is 7.99. The first kappa shape index (κ1) is 26.6. The van der Waals surface area contributed by atoms with Crippen LogP contribution in [0, 0.1) is 13.8 Å². The number of hydrogen-bond donors (Lipinski definition) is 2. The minimum absolute atomic E-state index is 0.00172. The van der Waals surface area contributed by atoms with Crippen LogP contribution in [0.1, 0.15) is 30.2 Å². The van der Waals surface area contributed by atoms with E-state index in [1.54, 1.807) is 0 Å². The van der Waals surface area contributed by atoms with Gasteiger partial charge in [0.15, 0.2) is 11.0 Å². The number of benzene rings is 1. The Morgan fingerprint density at radius 2 is 1.84 bits per heavy atom. The molecule has 37 heavy (non-hydrogen) atoms. The second kappa shape index (κ2) is 12.2. The topological polar surface area (TPSA) is 116 Å². The van der Waals surface area contributed by atoms with Crippen LogP contribution >= 0.6 is 11.8 Å². The van der Waals surface area contributed by atoms with Crippen LogP contribution in [0.25, 0.3) is 0 Å². The van der Waals surface area contributed by atoms with E-state index in [1.807, 2.05) is 56.0 Å². The van der Waals surface area contributed by atoms with Gasteiger partial charge in [0.25, 0.3) is 0 Å². The summed E-state index contributed by atoms with van der Waals surface area (Å²) >= 11 is 1.47. The number of amides is 1. The van der Waals surface area contributed by atoms with Gasteiger partial charge in [-0.25, -0.2) is 9.97 Å². The van der Waals surface area contributed by atoms with Crippen LogP contribution in [-0.4, -0.2) is 76.7 Å². The summed E-state index contributed by atoms with van der Waals surface area (Å²) < 4.78 is 5.00. The lowest BCUT2D eigenvalue weighted by Crippen LogP contribution is -2.50. The number of piperazine rings is 1. The molecule has 196 valence electrons. The predicted molar refractivity (Wildman–Crippen MR) is 144 cm³/mol. The molecule has 0 bridgehead atoms. The molecule has 0 spiro atoms. The van der Waals surface area contributed by atoms with Crippen molar-refractivity contribution in [2.75, 3.05) is 50.1 Å². The zero-order valence-corrected chi connectivity index (χ0v) is 22.5. The minimum Gasteiger partial charge on any atom is -0.375 e. The fraction of sp³-hybridized carbons (Fsp3) is 0.423. The number of Topliss-reactive ketones (excluding diaryl/α,β-unsaturated/α-hetero) is 1. The minimum atomic E-state index is -0.00172. The number of hydrogen-bond acceptors (Lipinski definition) is 9. The van der Waals surface area contributed by atoms with E-state index in [0.29, 0.717) is 55.8 Å². The quantitative estimate of drug-likeness (QED) is 0.385. The van der Waals surface area contributed by atoms with Crippen LogP contribution in [0.3, 0.4) is 0 Å². The van der Waals surface area contributed by atoms with Gasteiger partial charge in [0.05, 0.1) is 0 Å². The third-order valence-electron chi connectivity index (χ3n) is 6.18. The molecule has 0 saturated carbocycles. The summed E-state index contributed by atoms with van der Waals surface area (Å²) in [4.78, 5) is 38.7. The average molecular weight is 524 g/mol. The maximum Gasteiger partial charge on any atom is 0.248 e.